The van der Waals surface area contributed by atoms with Gasteiger partial charge in [-0.1, -0.05) is 0 Å². The molecular formula is C17H31N3O3. The van der Waals surface area contributed by atoms with Crippen LogP contribution in [0.1, 0.15) is 44.9 Å². The highest BCUT2D eigenvalue weighted by Gasteiger charge is 2.49. The summed E-state index contributed by atoms with van der Waals surface area (Å²) in [4.78, 5) is 27.3. The lowest BCUT2D eigenvalue weighted by Crippen LogP contribution is -2.50. The van der Waals surface area contributed by atoms with Gasteiger partial charge in [0.2, 0.25) is 11.8 Å². The van der Waals surface area contributed by atoms with Gasteiger partial charge in [0.15, 0.2) is 0 Å². The Morgan fingerprint density at radius 1 is 1.30 bits per heavy atom. The highest BCUT2D eigenvalue weighted by Crippen LogP contribution is 2.49. The number of primary amides is 1. The van der Waals surface area contributed by atoms with E-state index in [-0.39, 0.29) is 23.4 Å². The second-order valence-electron chi connectivity index (χ2n) is 7.61. The molecule has 0 bridgehead atoms. The molecule has 2 rings (SSSR count). The van der Waals surface area contributed by atoms with Crippen LogP contribution in [0.5, 0.6) is 0 Å². The maximum Gasteiger partial charge on any atom is 0.237 e. The quantitative estimate of drug-likeness (QED) is 0.708. The Balaban J connectivity index is 1.98. The summed E-state index contributed by atoms with van der Waals surface area (Å²) in [5.41, 5.74) is 5.51. The van der Waals surface area contributed by atoms with E-state index in [4.69, 9.17) is 10.5 Å². The molecule has 1 spiro atoms. The van der Waals surface area contributed by atoms with Crippen LogP contribution in [0.2, 0.25) is 0 Å². The van der Waals surface area contributed by atoms with Crippen molar-refractivity contribution in [2.75, 3.05) is 40.9 Å². The molecule has 2 aliphatic rings. The van der Waals surface area contributed by atoms with Crippen molar-refractivity contribution < 1.29 is 14.3 Å². The molecule has 1 heterocycles. The first-order chi connectivity index (χ1) is 10.8. The maximum absolute atomic E-state index is 12.2. The number of carbonyl (C=O) groups excluding carboxylic acids is 2. The minimum absolute atomic E-state index is 0.0489. The Bertz CT molecular complexity index is 442. The van der Waals surface area contributed by atoms with E-state index in [2.05, 4.69) is 19.0 Å². The van der Waals surface area contributed by atoms with E-state index in [1.165, 1.54) is 0 Å². The molecule has 1 saturated heterocycles. The molecule has 0 aromatic carbocycles. The first kappa shape index (κ1) is 18.2. The summed E-state index contributed by atoms with van der Waals surface area (Å²) in [6.07, 6.45) is 7.04. The van der Waals surface area contributed by atoms with E-state index < -0.39 is 5.91 Å². The van der Waals surface area contributed by atoms with Gasteiger partial charge in [0.25, 0.3) is 0 Å². The predicted octanol–water partition coefficient (Wildman–Crippen LogP) is 0.991. The van der Waals surface area contributed by atoms with E-state index in [1.54, 1.807) is 12.0 Å². The summed E-state index contributed by atoms with van der Waals surface area (Å²) in [6, 6.07) is 0. The van der Waals surface area contributed by atoms with Crippen molar-refractivity contribution in [3.63, 3.8) is 0 Å². The van der Waals surface area contributed by atoms with Gasteiger partial charge in [-0.05, 0) is 58.0 Å². The second-order valence-corrected chi connectivity index (χ2v) is 7.61. The fourth-order valence-electron chi connectivity index (χ4n) is 4.36. The highest BCUT2D eigenvalue weighted by molar-refractivity contribution is 5.85. The zero-order valence-corrected chi connectivity index (χ0v) is 14.8. The molecule has 2 fully saturated rings. The Morgan fingerprint density at radius 3 is 2.48 bits per heavy atom. The Kier molecular flexibility index (Phi) is 5.68. The van der Waals surface area contributed by atoms with Crippen molar-refractivity contribution in [1.29, 1.82) is 0 Å². The van der Waals surface area contributed by atoms with Crippen molar-refractivity contribution in [3.8, 4) is 0 Å². The Morgan fingerprint density at radius 2 is 1.96 bits per heavy atom. The lowest BCUT2D eigenvalue weighted by molar-refractivity contribution is -0.132. The third kappa shape index (κ3) is 4.04. The fourth-order valence-corrected chi connectivity index (χ4v) is 4.36. The molecule has 2 amide bonds. The van der Waals surface area contributed by atoms with Gasteiger partial charge in [-0.15, -0.1) is 0 Å². The van der Waals surface area contributed by atoms with Crippen molar-refractivity contribution >= 4 is 11.8 Å². The molecule has 2 N–H and O–H groups in total. The Labute approximate surface area is 139 Å². The minimum atomic E-state index is -0.423. The molecule has 1 aliphatic carbocycles. The number of methoxy groups -OCH3 is 1. The number of nitrogens with two attached hydrogens (primary N) is 1. The van der Waals surface area contributed by atoms with E-state index in [0.717, 1.165) is 45.1 Å². The van der Waals surface area contributed by atoms with Crippen LogP contribution in [0.4, 0.5) is 0 Å². The highest BCUT2D eigenvalue weighted by atomic mass is 16.5. The third-order valence-electron chi connectivity index (χ3n) is 5.93. The molecule has 0 aromatic rings. The van der Waals surface area contributed by atoms with Crippen LogP contribution in [0.3, 0.4) is 0 Å². The zero-order chi connectivity index (χ0) is 17.1. The molecule has 23 heavy (non-hydrogen) atoms. The van der Waals surface area contributed by atoms with Crippen LogP contribution in [0, 0.1) is 5.41 Å². The zero-order valence-electron chi connectivity index (χ0n) is 14.8. The van der Waals surface area contributed by atoms with Crippen LogP contribution in [-0.2, 0) is 14.3 Å². The number of likely N-dealkylation sites (tertiary alicyclic amines) is 1. The first-order valence-electron chi connectivity index (χ1n) is 8.55. The van der Waals surface area contributed by atoms with Crippen molar-refractivity contribution in [1.82, 2.24) is 9.80 Å². The standard InChI is InChI=1S/C17H31N3O3/c1-19(2)17(5-4-10-23-3)8-6-16(7-9-17)11-15(22)20(13-16)12-14(18)21/h4-13H2,1-3H3,(H2,18,21). The number of carbonyl (C=O) groups is 2. The molecule has 0 radical (unpaired) electrons. The molecule has 0 unspecified atom stereocenters. The van der Waals surface area contributed by atoms with Gasteiger partial charge in [0, 0.05) is 32.2 Å². The van der Waals surface area contributed by atoms with Gasteiger partial charge in [0.1, 0.15) is 0 Å². The van der Waals surface area contributed by atoms with E-state index in [9.17, 15) is 9.59 Å². The van der Waals surface area contributed by atoms with E-state index in [0.29, 0.717) is 13.0 Å². The lowest BCUT2D eigenvalue weighted by atomic mass is 9.65. The smallest absolute Gasteiger partial charge is 0.237 e. The topological polar surface area (TPSA) is 75.9 Å². The molecule has 1 aliphatic heterocycles. The summed E-state index contributed by atoms with van der Waals surface area (Å²) in [7, 11) is 6.06. The summed E-state index contributed by atoms with van der Waals surface area (Å²) in [6.45, 7) is 1.55. The second kappa shape index (κ2) is 7.18. The van der Waals surface area contributed by atoms with Gasteiger partial charge < -0.3 is 20.3 Å². The number of hydrogen-bond acceptors (Lipinski definition) is 4. The normalized spacial score (nSPS) is 31.3. The monoisotopic (exact) mass is 325 g/mol. The van der Waals surface area contributed by atoms with Gasteiger partial charge in [-0.25, -0.2) is 0 Å². The first-order valence-corrected chi connectivity index (χ1v) is 8.55. The van der Waals surface area contributed by atoms with Crippen LogP contribution in [0.15, 0.2) is 0 Å². The average Bonchev–Trinajstić information content (AvgIpc) is 2.77. The summed E-state index contributed by atoms with van der Waals surface area (Å²) in [5.74, 6) is -0.339. The molecule has 132 valence electrons. The van der Waals surface area contributed by atoms with Crippen LogP contribution < -0.4 is 5.73 Å². The molecule has 6 nitrogen and oxygen atoms in total. The summed E-state index contributed by atoms with van der Waals surface area (Å²) >= 11 is 0. The van der Waals surface area contributed by atoms with Crippen LogP contribution in [-0.4, -0.2) is 68.1 Å². The van der Waals surface area contributed by atoms with Gasteiger partial charge in [-0.3, -0.25) is 9.59 Å². The maximum atomic E-state index is 12.2. The minimum Gasteiger partial charge on any atom is -0.385 e. The largest absolute Gasteiger partial charge is 0.385 e. The summed E-state index contributed by atoms with van der Waals surface area (Å²) < 4.78 is 5.20. The van der Waals surface area contributed by atoms with Crippen molar-refractivity contribution in [2.45, 2.75) is 50.5 Å². The van der Waals surface area contributed by atoms with Crippen LogP contribution >= 0.6 is 0 Å². The SMILES string of the molecule is COCCCC1(N(C)C)CCC2(CC1)CC(=O)N(CC(N)=O)C2. The number of ether oxygens (including phenoxy) is 1. The molecule has 0 atom stereocenters. The van der Waals surface area contributed by atoms with Crippen molar-refractivity contribution in [2.24, 2.45) is 11.1 Å². The molecular weight excluding hydrogens is 294 g/mol. The Hall–Kier alpha value is -1.14. The molecule has 0 aromatic heterocycles. The van der Waals surface area contributed by atoms with Gasteiger partial charge in [-0.2, -0.15) is 0 Å². The van der Waals surface area contributed by atoms with E-state index >= 15 is 0 Å². The van der Waals surface area contributed by atoms with Crippen molar-refractivity contribution in [3.05, 3.63) is 0 Å². The van der Waals surface area contributed by atoms with Gasteiger partial charge in [0.05, 0.1) is 6.54 Å². The van der Waals surface area contributed by atoms with Crippen LogP contribution in [0.25, 0.3) is 0 Å². The third-order valence-corrected chi connectivity index (χ3v) is 5.93. The summed E-state index contributed by atoms with van der Waals surface area (Å²) in [5, 5.41) is 0. The average molecular weight is 325 g/mol. The number of amides is 2. The number of hydrogen-bond donors (Lipinski definition) is 1. The molecule has 1 saturated carbocycles. The van der Waals surface area contributed by atoms with Gasteiger partial charge >= 0.3 is 0 Å². The lowest BCUT2D eigenvalue weighted by Gasteiger charge is -2.48. The predicted molar refractivity (Wildman–Crippen MR) is 88.8 cm³/mol. The number of nitrogens with zero attached hydrogens (tertiary/aromatic N) is 2. The molecule has 6 heteroatoms. The number of rotatable bonds is 7. The fraction of sp³-hybridized carbons (Fsp3) is 0.882. The van der Waals surface area contributed by atoms with E-state index in [1.807, 2.05) is 0 Å².